The van der Waals surface area contributed by atoms with Gasteiger partial charge in [0.05, 0.1) is 0 Å². The Kier molecular flexibility index (Phi) is 4.24. The molecule has 8 nitrogen and oxygen atoms in total. The van der Waals surface area contributed by atoms with Gasteiger partial charge in [-0.05, 0) is 20.8 Å². The van der Waals surface area contributed by atoms with Crippen LogP contribution in [0.1, 0.15) is 20.8 Å². The van der Waals surface area contributed by atoms with E-state index in [-0.39, 0.29) is 13.1 Å². The van der Waals surface area contributed by atoms with Gasteiger partial charge in [0.2, 0.25) is 6.33 Å². The summed E-state index contributed by atoms with van der Waals surface area (Å²) in [6.45, 7) is 5.45. The van der Waals surface area contributed by atoms with Crippen molar-refractivity contribution in [2.45, 2.75) is 32.9 Å². The summed E-state index contributed by atoms with van der Waals surface area (Å²) in [7, 11) is 0. The van der Waals surface area contributed by atoms with Gasteiger partial charge in [-0.2, -0.15) is 5.10 Å². The Labute approximate surface area is 103 Å². The van der Waals surface area contributed by atoms with E-state index in [9.17, 15) is 14.4 Å². The topological polar surface area (TPSA) is 106 Å². The largest absolute Gasteiger partial charge is 0.444 e. The smallest absolute Gasteiger partial charge is 0.407 e. The Morgan fingerprint density at radius 3 is 2.78 bits per heavy atom. The molecule has 0 unspecified atom stereocenters. The van der Waals surface area contributed by atoms with Crippen LogP contribution in [0.3, 0.4) is 0 Å². The number of aromatic nitrogens is 3. The number of H-pyrrole nitrogens is 1. The predicted octanol–water partition coefficient (Wildman–Crippen LogP) is -0.744. The van der Waals surface area contributed by atoms with Crippen LogP contribution in [-0.2, 0) is 11.3 Å². The third-order valence-electron chi connectivity index (χ3n) is 1.77. The number of nitrogens with zero attached hydrogens (tertiary/aromatic N) is 2. The molecule has 0 saturated carbocycles. The monoisotopic (exact) mass is 255 g/mol. The van der Waals surface area contributed by atoms with Gasteiger partial charge in [-0.15, -0.1) is 0 Å². The van der Waals surface area contributed by atoms with Crippen molar-refractivity contribution in [3.63, 3.8) is 0 Å². The van der Waals surface area contributed by atoms with Crippen molar-refractivity contribution >= 4 is 6.09 Å². The second-order valence-electron chi connectivity index (χ2n) is 4.54. The molecule has 1 amide bonds. The number of hydrogen-bond donors (Lipinski definition) is 2. The Balaban J connectivity index is 2.48. The number of ether oxygens (including phenoxy) is 1. The van der Waals surface area contributed by atoms with Crippen LogP contribution >= 0.6 is 0 Å². The van der Waals surface area contributed by atoms with Crippen molar-refractivity contribution < 1.29 is 9.53 Å². The zero-order valence-corrected chi connectivity index (χ0v) is 10.4. The number of rotatable bonds is 3. The first-order valence-electron chi connectivity index (χ1n) is 5.33. The summed E-state index contributed by atoms with van der Waals surface area (Å²) < 4.78 is 5.98. The highest BCUT2D eigenvalue weighted by atomic mass is 16.6. The normalized spacial score (nSPS) is 11.1. The van der Waals surface area contributed by atoms with Crippen molar-refractivity contribution in [1.29, 1.82) is 0 Å². The van der Waals surface area contributed by atoms with Crippen LogP contribution in [0.25, 0.3) is 0 Å². The summed E-state index contributed by atoms with van der Waals surface area (Å²) in [5.74, 6) is 0. The van der Waals surface area contributed by atoms with Crippen molar-refractivity contribution in [1.82, 2.24) is 20.1 Å². The van der Waals surface area contributed by atoms with Gasteiger partial charge in [0.1, 0.15) is 5.60 Å². The summed E-state index contributed by atoms with van der Waals surface area (Å²) in [5, 5.41) is 7.78. The molecule has 1 aromatic heterocycles. The van der Waals surface area contributed by atoms with Gasteiger partial charge < -0.3 is 10.1 Å². The first-order chi connectivity index (χ1) is 8.29. The molecule has 1 rings (SSSR count). The summed E-state index contributed by atoms with van der Waals surface area (Å²) in [6, 6.07) is 0. The van der Waals surface area contributed by atoms with Crippen LogP contribution in [0.5, 0.6) is 0 Å². The van der Waals surface area contributed by atoms with Gasteiger partial charge in [-0.1, -0.05) is 0 Å². The quantitative estimate of drug-likeness (QED) is 0.692. The molecule has 1 radical (unpaired) electrons. The Hall–Kier alpha value is -2.12. The van der Waals surface area contributed by atoms with E-state index in [1.807, 2.05) is 5.10 Å². The first-order valence-corrected chi connectivity index (χ1v) is 5.33. The average molecular weight is 255 g/mol. The highest BCUT2D eigenvalue weighted by molar-refractivity contribution is 5.67. The molecule has 8 heteroatoms. The fraction of sp³-hybridized carbons (Fsp3) is 0.600. The fourth-order valence-corrected chi connectivity index (χ4v) is 1.09. The molecular formula is C10H15N4O4. The zero-order valence-electron chi connectivity index (χ0n) is 10.4. The minimum absolute atomic E-state index is 0.0923. The molecule has 1 aromatic rings. The maximum Gasteiger partial charge on any atom is 0.407 e. The molecule has 1 heterocycles. The summed E-state index contributed by atoms with van der Waals surface area (Å²) in [5.41, 5.74) is -2.18. The molecule has 99 valence electrons. The summed E-state index contributed by atoms with van der Waals surface area (Å²) in [4.78, 5) is 33.5. The molecule has 0 saturated heterocycles. The van der Waals surface area contributed by atoms with Crippen molar-refractivity contribution in [2.24, 2.45) is 0 Å². The van der Waals surface area contributed by atoms with Crippen molar-refractivity contribution in [2.75, 3.05) is 6.54 Å². The van der Waals surface area contributed by atoms with Gasteiger partial charge in [0.25, 0.3) is 0 Å². The Morgan fingerprint density at radius 1 is 1.50 bits per heavy atom. The highest BCUT2D eigenvalue weighted by Gasteiger charge is 2.15. The van der Waals surface area contributed by atoms with Crippen molar-refractivity contribution in [3.8, 4) is 0 Å². The molecule has 0 fully saturated rings. The van der Waals surface area contributed by atoms with Crippen LogP contribution in [0.4, 0.5) is 4.79 Å². The number of amides is 1. The number of alkyl carbamates (subject to hydrolysis) is 1. The lowest BCUT2D eigenvalue weighted by Gasteiger charge is -2.19. The number of carbonyl (C=O) groups excluding carboxylic acids is 1. The summed E-state index contributed by atoms with van der Waals surface area (Å²) >= 11 is 0. The molecule has 0 spiro atoms. The second kappa shape index (κ2) is 5.48. The van der Waals surface area contributed by atoms with E-state index in [0.717, 1.165) is 4.57 Å². The van der Waals surface area contributed by atoms with Crippen LogP contribution in [0, 0.1) is 6.33 Å². The number of aromatic amines is 1. The molecule has 0 bridgehead atoms. The van der Waals surface area contributed by atoms with Crippen LogP contribution in [0.2, 0.25) is 0 Å². The van der Waals surface area contributed by atoms with E-state index in [4.69, 9.17) is 4.74 Å². The fourth-order valence-electron chi connectivity index (χ4n) is 1.09. The van der Waals surface area contributed by atoms with E-state index >= 15 is 0 Å². The van der Waals surface area contributed by atoms with Crippen LogP contribution in [-0.4, -0.2) is 33.0 Å². The van der Waals surface area contributed by atoms with Gasteiger partial charge in [0.15, 0.2) is 0 Å². The van der Waals surface area contributed by atoms with E-state index in [0.29, 0.717) is 0 Å². The maximum absolute atomic E-state index is 11.3. The predicted molar refractivity (Wildman–Crippen MR) is 62.2 cm³/mol. The van der Waals surface area contributed by atoms with Gasteiger partial charge >= 0.3 is 17.2 Å². The van der Waals surface area contributed by atoms with Gasteiger partial charge in [-0.3, -0.25) is 14.2 Å². The molecule has 0 aromatic carbocycles. The molecule has 2 N–H and O–H groups in total. The van der Waals surface area contributed by atoms with E-state index in [2.05, 4.69) is 16.7 Å². The number of carbonyl (C=O) groups is 1. The summed E-state index contributed by atoms with van der Waals surface area (Å²) in [6.07, 6.45) is 1.72. The highest BCUT2D eigenvalue weighted by Crippen LogP contribution is 2.05. The average Bonchev–Trinajstić information content (AvgIpc) is 2.21. The minimum Gasteiger partial charge on any atom is -0.444 e. The first kappa shape index (κ1) is 13.9. The lowest BCUT2D eigenvalue weighted by Crippen LogP contribution is -2.40. The zero-order chi connectivity index (χ0) is 13.8. The van der Waals surface area contributed by atoms with Crippen LogP contribution < -0.4 is 16.4 Å². The minimum atomic E-state index is -0.828. The third kappa shape index (κ3) is 4.40. The Bertz CT molecular complexity index is 526. The number of nitrogens with one attached hydrogen (secondary N) is 2. The Morgan fingerprint density at radius 2 is 2.17 bits per heavy atom. The van der Waals surface area contributed by atoms with Crippen LogP contribution in [0.15, 0.2) is 9.59 Å². The SMILES string of the molecule is CC(C)(C)OC(=O)NCCn1[c]n[nH]c(=O)c1=O. The van der Waals surface area contributed by atoms with Crippen molar-refractivity contribution in [3.05, 3.63) is 27.0 Å². The second-order valence-corrected chi connectivity index (χ2v) is 4.54. The van der Waals surface area contributed by atoms with E-state index in [1.54, 1.807) is 20.8 Å². The lowest BCUT2D eigenvalue weighted by atomic mass is 10.2. The molecule has 0 aliphatic rings. The lowest BCUT2D eigenvalue weighted by molar-refractivity contribution is 0.0526. The molecule has 18 heavy (non-hydrogen) atoms. The van der Waals surface area contributed by atoms with E-state index in [1.165, 1.54) is 0 Å². The maximum atomic E-state index is 11.3. The third-order valence-corrected chi connectivity index (χ3v) is 1.77. The van der Waals surface area contributed by atoms with Gasteiger partial charge in [-0.25, -0.2) is 9.89 Å². The molecular weight excluding hydrogens is 240 g/mol. The van der Waals surface area contributed by atoms with Gasteiger partial charge in [0, 0.05) is 13.1 Å². The standard InChI is InChI=1S/C10H15N4O4/c1-10(2,3)18-9(17)11-4-5-14-6-12-13-7(15)8(14)16/h4-5H2,1-3H3,(H,11,17)(H,13,15). The molecule has 0 atom stereocenters. The molecule has 0 aliphatic heterocycles. The number of hydrogen-bond acceptors (Lipinski definition) is 5. The van der Waals surface area contributed by atoms with E-state index < -0.39 is 22.8 Å². The molecule has 0 aliphatic carbocycles.